The molecule has 7 atom stereocenters. The van der Waals surface area contributed by atoms with Crippen molar-refractivity contribution in [1.29, 1.82) is 5.41 Å². The van der Waals surface area contributed by atoms with Gasteiger partial charge < -0.3 is 78.5 Å². The Morgan fingerprint density at radius 1 is 0.759 bits per heavy atom. The van der Waals surface area contributed by atoms with Gasteiger partial charge in [-0.1, -0.05) is 52.3 Å². The quantitative estimate of drug-likeness (QED) is 0.0175. The molecule has 452 valence electrons. The van der Waals surface area contributed by atoms with Gasteiger partial charge in [-0.05, 0) is 98.2 Å². The Morgan fingerprint density at radius 3 is 2.00 bits per heavy atom. The topological polar surface area (TPSA) is 386 Å². The smallest absolute Gasteiger partial charge is 0.258 e. The number of fused-ring (bicyclic) bond motifs is 1. The number of carbonyl (C=O) groups is 8. The first-order valence-electron chi connectivity index (χ1n) is 28.3. The molecule has 5 rings (SSSR count). The number of carbonyl (C=O) groups excluding carboxylic acids is 8. The number of aromatic nitrogens is 3. The highest BCUT2D eigenvalue weighted by molar-refractivity contribution is 5.96. The molecular weight excluding hydrogens is 1070 g/mol. The van der Waals surface area contributed by atoms with Gasteiger partial charge in [0.05, 0.1) is 12.0 Å². The van der Waals surface area contributed by atoms with Crippen molar-refractivity contribution in [1.82, 2.24) is 62.0 Å². The Hall–Kier alpha value is -8.55. The van der Waals surface area contributed by atoms with Crippen LogP contribution in [0.3, 0.4) is 0 Å². The second-order valence-corrected chi connectivity index (χ2v) is 21.4. The van der Waals surface area contributed by atoms with E-state index in [0.717, 1.165) is 0 Å². The number of piperazine rings is 1. The number of imidazole rings is 1. The van der Waals surface area contributed by atoms with E-state index in [1.54, 1.807) is 35.2 Å². The minimum Gasteiger partial charge on any atom is -0.508 e. The fourth-order valence-corrected chi connectivity index (χ4v) is 9.71. The molecule has 0 spiro atoms. The van der Waals surface area contributed by atoms with E-state index in [1.165, 1.54) is 49.4 Å². The summed E-state index contributed by atoms with van der Waals surface area (Å²) in [6.45, 7) is 10.5. The van der Waals surface area contributed by atoms with E-state index in [2.05, 4.69) is 52.5 Å². The van der Waals surface area contributed by atoms with Crippen LogP contribution < -0.4 is 64.5 Å². The zero-order valence-corrected chi connectivity index (χ0v) is 48.3. The number of nitrogens with two attached hydrogens (primary N) is 2. The molecule has 1 aliphatic rings. The van der Waals surface area contributed by atoms with E-state index >= 15 is 0 Å². The first-order chi connectivity index (χ1) is 39.6. The predicted octanol–water partition coefficient (Wildman–Crippen LogP) is -0.277. The number of guanidine groups is 1. The monoisotopic (exact) mass is 1150 g/mol. The first-order valence-corrected chi connectivity index (χ1v) is 28.3. The van der Waals surface area contributed by atoms with Crippen molar-refractivity contribution in [2.45, 2.75) is 135 Å². The summed E-state index contributed by atoms with van der Waals surface area (Å²) in [5.74, 6) is -4.89. The molecule has 26 nitrogen and oxygen atoms in total. The van der Waals surface area contributed by atoms with Crippen molar-refractivity contribution in [2.75, 3.05) is 51.2 Å². The molecule has 1 fully saturated rings. The molecule has 0 radical (unpaired) electrons. The number of aromatic amines is 1. The minimum atomic E-state index is -1.37. The molecule has 1 aliphatic heterocycles. The zero-order chi connectivity index (χ0) is 60.8. The van der Waals surface area contributed by atoms with Gasteiger partial charge in [-0.2, -0.15) is 0 Å². The molecule has 0 bridgehead atoms. The van der Waals surface area contributed by atoms with Crippen molar-refractivity contribution in [3.8, 4) is 5.75 Å². The lowest BCUT2D eigenvalue weighted by molar-refractivity contribution is -0.138. The fraction of sp³-hybridized carbons (Fsp3) is 0.526. The van der Waals surface area contributed by atoms with Gasteiger partial charge in [0.2, 0.25) is 47.3 Å². The van der Waals surface area contributed by atoms with Gasteiger partial charge >= 0.3 is 0 Å². The average molecular weight is 1150 g/mol. The SMILES string of the molecule is CC[C@H](C)[C@H](NC(C)=O)C(=O)N[C@@H](CCCCN)C(=O)N1CCN(c2ccc3ccn(CC(=O)N[C@@H](CCCNC(=N)N)C(=O)N[C@@H](Cc4c[nH]cn4)C(=O)N[C@@H](Cc4ccc(O)cc4)C(=O)N[C@@H](CC(C)C)C(=O)NC)c(=O)c3c2)CC1. The lowest BCUT2D eigenvalue weighted by Crippen LogP contribution is -2.59. The molecule has 83 heavy (non-hydrogen) atoms. The Balaban J connectivity index is 1.32. The van der Waals surface area contributed by atoms with Crippen LogP contribution in [0.5, 0.6) is 5.75 Å². The van der Waals surface area contributed by atoms with Crippen LogP contribution in [0.4, 0.5) is 5.69 Å². The largest absolute Gasteiger partial charge is 0.508 e. The van der Waals surface area contributed by atoms with Gasteiger partial charge in [-0.15, -0.1) is 0 Å². The number of benzene rings is 2. The highest BCUT2D eigenvalue weighted by atomic mass is 16.3. The average Bonchev–Trinajstić information content (AvgIpc) is 4.13. The fourth-order valence-electron chi connectivity index (χ4n) is 9.71. The van der Waals surface area contributed by atoms with Gasteiger partial charge in [0, 0.05) is 83.0 Å². The van der Waals surface area contributed by atoms with Crippen LogP contribution in [-0.4, -0.2) is 160 Å². The third kappa shape index (κ3) is 20.1. The molecule has 2 aromatic heterocycles. The second-order valence-electron chi connectivity index (χ2n) is 21.4. The van der Waals surface area contributed by atoms with Crippen LogP contribution in [0.25, 0.3) is 10.8 Å². The molecule has 1 saturated heterocycles. The zero-order valence-electron chi connectivity index (χ0n) is 48.3. The maximum absolute atomic E-state index is 14.4. The summed E-state index contributed by atoms with van der Waals surface area (Å²) in [7, 11) is 1.45. The van der Waals surface area contributed by atoms with E-state index in [9.17, 15) is 48.3 Å². The molecule has 0 unspecified atom stereocenters. The molecule has 0 aliphatic carbocycles. The van der Waals surface area contributed by atoms with E-state index in [1.807, 2.05) is 38.7 Å². The van der Waals surface area contributed by atoms with Crippen molar-refractivity contribution in [3.05, 3.63) is 88.9 Å². The van der Waals surface area contributed by atoms with Crippen molar-refractivity contribution in [2.24, 2.45) is 23.3 Å². The van der Waals surface area contributed by atoms with Gasteiger partial charge in [0.15, 0.2) is 5.96 Å². The first kappa shape index (κ1) is 65.3. The number of anilines is 1. The van der Waals surface area contributed by atoms with Crippen LogP contribution in [0.2, 0.25) is 0 Å². The number of unbranched alkanes of at least 4 members (excludes halogenated alkanes) is 1. The number of phenols is 1. The molecule has 4 aromatic rings. The number of phenolic OH excluding ortho intramolecular Hbond substituents is 1. The summed E-state index contributed by atoms with van der Waals surface area (Å²) in [5.41, 5.74) is 12.4. The number of hydrogen-bond donors (Lipinski definition) is 13. The number of likely N-dealkylation sites (N-methyl/N-ethyl adjacent to an activating group) is 1. The Kier molecular flexibility index (Phi) is 25.3. The summed E-state index contributed by atoms with van der Waals surface area (Å²) in [6.07, 6.45) is 6.96. The van der Waals surface area contributed by atoms with E-state index < -0.39 is 83.8 Å². The molecule has 3 heterocycles. The van der Waals surface area contributed by atoms with Crippen LogP contribution in [-0.2, 0) is 57.7 Å². The summed E-state index contributed by atoms with van der Waals surface area (Å²) < 4.78 is 1.21. The Morgan fingerprint density at radius 2 is 1.40 bits per heavy atom. The van der Waals surface area contributed by atoms with Crippen LogP contribution in [0, 0.1) is 17.2 Å². The molecule has 2 aromatic carbocycles. The van der Waals surface area contributed by atoms with Crippen molar-refractivity contribution < 1.29 is 43.5 Å². The normalized spacial score (nSPS) is 14.9. The van der Waals surface area contributed by atoms with Crippen LogP contribution >= 0.6 is 0 Å². The van der Waals surface area contributed by atoms with Crippen molar-refractivity contribution >= 4 is 69.7 Å². The third-order valence-electron chi connectivity index (χ3n) is 14.5. The molecule has 8 amide bonds. The van der Waals surface area contributed by atoms with Gasteiger partial charge in [0.25, 0.3) is 5.56 Å². The van der Waals surface area contributed by atoms with Gasteiger partial charge in [-0.3, -0.25) is 48.6 Å². The minimum absolute atomic E-state index is 0.00701. The standard InChI is InChI=1S/C57H84N16O10/c1-7-35(4)49(65-36(5)74)54(81)67-44(11-8-9-20-58)56(83)72-25-23-71(24-26-72)40-16-15-38-19-22-73(55(82)42(38)30-40)32-48(76)66-43(12-10-21-63-57(59)60)51(78)70-47(29-39-31-62-33-64-39)53(80)69-46(28-37-13-17-41(75)18-14-37)52(79)68-45(27-34(2)3)50(77)61-6/h13-19,22,30-31,33-35,43-47,49,75H,7-12,20-21,23-29,32,58H2,1-6H3,(H,61,77)(H,62,64)(H,65,74)(H,66,76)(H,67,81)(H,68,79)(H,69,80)(H,70,78)(H4,59,60,63)/t35-,43-,44-,45-,46-,47-,49-/m0/s1. The Labute approximate surface area is 483 Å². The number of hydrogen-bond acceptors (Lipinski definition) is 14. The van der Waals surface area contributed by atoms with E-state index in [4.69, 9.17) is 16.9 Å². The molecular formula is C57H84N16O10. The Bertz CT molecular complexity index is 2910. The number of nitrogens with one attached hydrogen (secondary N) is 10. The van der Waals surface area contributed by atoms with Crippen LogP contribution in [0.15, 0.2) is 72.0 Å². The van der Waals surface area contributed by atoms with E-state index in [0.29, 0.717) is 92.5 Å². The lowest BCUT2D eigenvalue weighted by Gasteiger charge is -2.38. The lowest BCUT2D eigenvalue weighted by atomic mass is 9.97. The van der Waals surface area contributed by atoms with Gasteiger partial charge in [0.1, 0.15) is 48.5 Å². The summed E-state index contributed by atoms with van der Waals surface area (Å²) in [6, 6.07) is 6.60. The van der Waals surface area contributed by atoms with E-state index in [-0.39, 0.29) is 67.6 Å². The number of H-pyrrole nitrogens is 1. The number of aromatic hydroxyl groups is 1. The maximum atomic E-state index is 14.4. The molecule has 26 heteroatoms. The summed E-state index contributed by atoms with van der Waals surface area (Å²) in [4.78, 5) is 134. The highest BCUT2D eigenvalue weighted by Crippen LogP contribution is 2.23. The van der Waals surface area contributed by atoms with Crippen molar-refractivity contribution in [3.63, 3.8) is 0 Å². The summed E-state index contributed by atoms with van der Waals surface area (Å²) in [5, 5.41) is 40.3. The van der Waals surface area contributed by atoms with Crippen LogP contribution in [0.1, 0.15) is 90.8 Å². The number of rotatable bonds is 31. The third-order valence-corrected chi connectivity index (χ3v) is 14.5. The predicted molar refractivity (Wildman–Crippen MR) is 313 cm³/mol. The molecule has 15 N–H and O–H groups in total. The number of amides is 8. The van der Waals surface area contributed by atoms with Gasteiger partial charge in [-0.25, -0.2) is 4.98 Å². The number of nitrogens with zero attached hydrogens (tertiary/aromatic N) is 4. The maximum Gasteiger partial charge on any atom is 0.258 e. The molecule has 0 saturated carbocycles. The summed E-state index contributed by atoms with van der Waals surface area (Å²) >= 11 is 0. The second kappa shape index (κ2) is 32.2. The highest BCUT2D eigenvalue weighted by Gasteiger charge is 2.35. The number of pyridine rings is 1.